The molecule has 0 atom stereocenters. The fourth-order valence-corrected chi connectivity index (χ4v) is 3.14. The van der Waals surface area contributed by atoms with Gasteiger partial charge in [-0.2, -0.15) is 11.3 Å². The Kier molecular flexibility index (Phi) is 4.02. The number of thiophene rings is 1. The third-order valence-electron chi connectivity index (χ3n) is 3.63. The Morgan fingerprint density at radius 1 is 1.05 bits per heavy atom. The number of amides is 1. The molecule has 0 bridgehead atoms. The summed E-state index contributed by atoms with van der Waals surface area (Å²) < 4.78 is 0. The van der Waals surface area contributed by atoms with Crippen LogP contribution in [0.1, 0.15) is 29.6 Å². The zero-order valence-corrected chi connectivity index (χ0v) is 12.2. The summed E-state index contributed by atoms with van der Waals surface area (Å²) in [5.74, 6) is -0.0445. The van der Waals surface area contributed by atoms with Crippen LogP contribution in [0.2, 0.25) is 0 Å². The molecule has 104 valence electrons. The Hall–Kier alpha value is -1.81. The minimum absolute atomic E-state index is 0.0445. The average Bonchev–Trinajstić information content (AvgIpc) is 3.03. The van der Waals surface area contributed by atoms with Gasteiger partial charge in [-0.1, -0.05) is 0 Å². The Morgan fingerprint density at radius 2 is 1.80 bits per heavy atom. The van der Waals surface area contributed by atoms with Gasteiger partial charge >= 0.3 is 0 Å². The zero-order chi connectivity index (χ0) is 13.8. The lowest BCUT2D eigenvalue weighted by molar-refractivity contribution is 0.102. The molecule has 2 heterocycles. The largest absolute Gasteiger partial charge is 0.372 e. The van der Waals surface area contributed by atoms with E-state index in [-0.39, 0.29) is 5.91 Å². The zero-order valence-electron chi connectivity index (χ0n) is 11.3. The summed E-state index contributed by atoms with van der Waals surface area (Å²) in [6, 6.07) is 9.98. The molecule has 3 nitrogen and oxygen atoms in total. The molecular weight excluding hydrogens is 268 g/mol. The average molecular weight is 286 g/mol. The predicted octanol–water partition coefficient (Wildman–Crippen LogP) is 3.99. The molecule has 0 radical (unpaired) electrons. The number of piperidine rings is 1. The van der Waals surface area contributed by atoms with Gasteiger partial charge in [-0.05, 0) is 55.0 Å². The van der Waals surface area contributed by atoms with Crippen molar-refractivity contribution < 1.29 is 4.79 Å². The van der Waals surface area contributed by atoms with Crippen molar-refractivity contribution >= 4 is 28.6 Å². The molecule has 1 aromatic heterocycles. The summed E-state index contributed by atoms with van der Waals surface area (Å²) in [4.78, 5) is 14.4. The topological polar surface area (TPSA) is 32.3 Å². The molecule has 20 heavy (non-hydrogen) atoms. The number of anilines is 2. The third-order valence-corrected chi connectivity index (χ3v) is 4.31. The highest BCUT2D eigenvalue weighted by atomic mass is 32.1. The summed E-state index contributed by atoms with van der Waals surface area (Å²) in [5.41, 5.74) is 2.82. The monoisotopic (exact) mass is 286 g/mol. The maximum atomic E-state index is 11.9. The number of hydrogen-bond acceptors (Lipinski definition) is 3. The lowest BCUT2D eigenvalue weighted by atomic mass is 10.1. The highest BCUT2D eigenvalue weighted by Gasteiger charge is 2.11. The van der Waals surface area contributed by atoms with Crippen molar-refractivity contribution in [2.75, 3.05) is 23.3 Å². The molecule has 1 aliphatic rings. The Bertz CT molecular complexity index is 557. The van der Waals surface area contributed by atoms with Crippen molar-refractivity contribution in [3.63, 3.8) is 0 Å². The fraction of sp³-hybridized carbons (Fsp3) is 0.312. The fourth-order valence-electron chi connectivity index (χ4n) is 2.50. The summed E-state index contributed by atoms with van der Waals surface area (Å²) in [7, 11) is 0. The normalized spacial score (nSPS) is 15.1. The highest BCUT2D eigenvalue weighted by Crippen LogP contribution is 2.22. The maximum absolute atomic E-state index is 11.9. The van der Waals surface area contributed by atoms with Crippen molar-refractivity contribution in [1.82, 2.24) is 0 Å². The van der Waals surface area contributed by atoms with E-state index >= 15 is 0 Å². The number of rotatable bonds is 3. The molecule has 0 unspecified atom stereocenters. The summed E-state index contributed by atoms with van der Waals surface area (Å²) in [6.45, 7) is 2.28. The van der Waals surface area contributed by atoms with Crippen molar-refractivity contribution in [1.29, 1.82) is 0 Å². The number of carbonyl (C=O) groups excluding carboxylic acids is 1. The van der Waals surface area contributed by atoms with E-state index in [0.29, 0.717) is 0 Å². The molecule has 1 saturated heterocycles. The van der Waals surface area contributed by atoms with Crippen LogP contribution in [0.5, 0.6) is 0 Å². The van der Waals surface area contributed by atoms with Crippen LogP contribution in [0.15, 0.2) is 41.1 Å². The second kappa shape index (κ2) is 6.09. The maximum Gasteiger partial charge on any atom is 0.256 e. The summed E-state index contributed by atoms with van der Waals surface area (Å²) >= 11 is 1.53. The van der Waals surface area contributed by atoms with E-state index in [9.17, 15) is 4.79 Å². The molecule has 3 rings (SSSR count). The van der Waals surface area contributed by atoms with E-state index < -0.39 is 0 Å². The minimum atomic E-state index is -0.0445. The lowest BCUT2D eigenvalue weighted by Crippen LogP contribution is -2.29. The highest BCUT2D eigenvalue weighted by molar-refractivity contribution is 7.08. The molecule has 1 aromatic carbocycles. The van der Waals surface area contributed by atoms with Gasteiger partial charge in [-0.25, -0.2) is 0 Å². The second-order valence-electron chi connectivity index (χ2n) is 5.06. The number of hydrogen-bond donors (Lipinski definition) is 1. The SMILES string of the molecule is O=C(Nc1ccc(N2CCCCC2)cc1)c1ccsc1. The number of nitrogens with zero attached hydrogens (tertiary/aromatic N) is 1. The molecular formula is C16H18N2OS. The van der Waals surface area contributed by atoms with Gasteiger partial charge in [0.05, 0.1) is 5.56 Å². The molecule has 1 amide bonds. The van der Waals surface area contributed by atoms with Crippen LogP contribution in [0.25, 0.3) is 0 Å². The van der Waals surface area contributed by atoms with E-state index in [2.05, 4.69) is 22.3 Å². The van der Waals surface area contributed by atoms with Crippen LogP contribution in [0.4, 0.5) is 11.4 Å². The van der Waals surface area contributed by atoms with Gasteiger partial charge in [0.2, 0.25) is 0 Å². The van der Waals surface area contributed by atoms with Gasteiger partial charge in [0.1, 0.15) is 0 Å². The molecule has 1 fully saturated rings. The van der Waals surface area contributed by atoms with Gasteiger partial charge in [-0.3, -0.25) is 4.79 Å². The van der Waals surface area contributed by atoms with Gasteiger partial charge in [0.15, 0.2) is 0 Å². The van der Waals surface area contributed by atoms with Crippen molar-refractivity contribution in [2.45, 2.75) is 19.3 Å². The summed E-state index contributed by atoms with van der Waals surface area (Å²) in [5, 5.41) is 6.69. The quantitative estimate of drug-likeness (QED) is 0.925. The van der Waals surface area contributed by atoms with Gasteiger partial charge in [-0.15, -0.1) is 0 Å². The Balaban J connectivity index is 1.65. The molecule has 0 aliphatic carbocycles. The predicted molar refractivity (Wildman–Crippen MR) is 84.8 cm³/mol. The van der Waals surface area contributed by atoms with Crippen LogP contribution in [-0.4, -0.2) is 19.0 Å². The smallest absolute Gasteiger partial charge is 0.256 e. The van der Waals surface area contributed by atoms with Crippen molar-refractivity contribution in [2.24, 2.45) is 0 Å². The molecule has 0 saturated carbocycles. The van der Waals surface area contributed by atoms with E-state index in [4.69, 9.17) is 0 Å². The Labute approximate surface area is 123 Å². The minimum Gasteiger partial charge on any atom is -0.372 e. The molecule has 0 spiro atoms. The molecule has 2 aromatic rings. The van der Waals surface area contributed by atoms with Crippen LogP contribution < -0.4 is 10.2 Å². The van der Waals surface area contributed by atoms with Gasteiger partial charge in [0, 0.05) is 29.8 Å². The van der Waals surface area contributed by atoms with Crippen molar-refractivity contribution in [3.05, 3.63) is 46.7 Å². The molecule has 4 heteroatoms. The van der Waals surface area contributed by atoms with E-state index in [1.54, 1.807) is 0 Å². The van der Waals surface area contributed by atoms with E-state index in [0.717, 1.165) is 24.3 Å². The standard InChI is InChI=1S/C16H18N2OS/c19-16(13-8-11-20-12-13)17-14-4-6-15(7-5-14)18-9-2-1-3-10-18/h4-8,11-12H,1-3,9-10H2,(H,17,19). The van der Waals surface area contributed by atoms with Gasteiger partial charge in [0.25, 0.3) is 5.91 Å². The first-order valence-corrected chi connectivity index (χ1v) is 7.96. The summed E-state index contributed by atoms with van der Waals surface area (Å²) in [6.07, 6.45) is 3.89. The Morgan fingerprint density at radius 3 is 2.45 bits per heavy atom. The molecule has 1 aliphatic heterocycles. The van der Waals surface area contributed by atoms with Crippen LogP contribution in [-0.2, 0) is 0 Å². The third kappa shape index (κ3) is 3.02. The molecule has 1 N–H and O–H groups in total. The first-order chi connectivity index (χ1) is 9.83. The van der Waals surface area contributed by atoms with E-state index in [1.807, 2.05) is 29.0 Å². The second-order valence-corrected chi connectivity index (χ2v) is 5.84. The number of nitrogens with one attached hydrogen (secondary N) is 1. The van der Waals surface area contributed by atoms with Crippen LogP contribution in [0.3, 0.4) is 0 Å². The number of carbonyl (C=O) groups is 1. The van der Waals surface area contributed by atoms with Gasteiger partial charge < -0.3 is 10.2 Å². The number of benzene rings is 1. The first-order valence-electron chi connectivity index (χ1n) is 7.01. The van der Waals surface area contributed by atoms with Crippen LogP contribution >= 0.6 is 11.3 Å². The lowest BCUT2D eigenvalue weighted by Gasteiger charge is -2.28. The first kappa shape index (κ1) is 13.2. The van der Waals surface area contributed by atoms with Crippen LogP contribution in [0, 0.1) is 0 Å². The van der Waals surface area contributed by atoms with Crippen molar-refractivity contribution in [3.8, 4) is 0 Å². The van der Waals surface area contributed by atoms with E-state index in [1.165, 1.54) is 36.3 Å².